The first-order valence-corrected chi connectivity index (χ1v) is 10.9. The summed E-state index contributed by atoms with van der Waals surface area (Å²) in [5.74, 6) is 0.382. The van der Waals surface area contributed by atoms with Crippen LogP contribution in [0.15, 0.2) is 51.8 Å². The van der Waals surface area contributed by atoms with Gasteiger partial charge in [0.2, 0.25) is 10.0 Å². The zero-order chi connectivity index (χ0) is 19.4. The van der Waals surface area contributed by atoms with Gasteiger partial charge in [-0.2, -0.15) is 4.31 Å². The van der Waals surface area contributed by atoms with E-state index < -0.39 is 10.0 Å². The Morgan fingerprint density at radius 2 is 1.93 bits per heavy atom. The molecule has 2 aromatic rings. The van der Waals surface area contributed by atoms with E-state index in [-0.39, 0.29) is 10.8 Å². The van der Waals surface area contributed by atoms with Crippen LogP contribution in [0, 0.1) is 0 Å². The number of hydrogen-bond acceptors (Lipinski definition) is 4. The molecule has 144 valence electrons. The van der Waals surface area contributed by atoms with Gasteiger partial charge in [-0.3, -0.25) is 4.79 Å². The Morgan fingerprint density at radius 3 is 2.63 bits per heavy atom. The van der Waals surface area contributed by atoms with Crippen LogP contribution < -0.4 is 10.1 Å². The molecule has 0 radical (unpaired) electrons. The predicted molar refractivity (Wildman–Crippen MR) is 106 cm³/mol. The van der Waals surface area contributed by atoms with Crippen molar-refractivity contribution in [1.29, 1.82) is 0 Å². The van der Waals surface area contributed by atoms with Gasteiger partial charge < -0.3 is 10.1 Å². The minimum Gasteiger partial charge on any atom is -0.497 e. The lowest BCUT2D eigenvalue weighted by Gasteiger charge is -2.17. The van der Waals surface area contributed by atoms with E-state index in [9.17, 15) is 13.2 Å². The average molecular weight is 453 g/mol. The molecule has 1 heterocycles. The van der Waals surface area contributed by atoms with E-state index in [2.05, 4.69) is 21.2 Å². The van der Waals surface area contributed by atoms with E-state index in [1.165, 1.54) is 10.4 Å². The second kappa shape index (κ2) is 8.41. The summed E-state index contributed by atoms with van der Waals surface area (Å²) in [7, 11) is -2.03. The standard InChI is InChI=1S/C19H21BrN2O4S/c1-26-16-6-4-5-14(11-16)13-21-19(23)15-7-8-17(20)18(12-15)27(24,25)22-9-2-3-10-22/h4-8,11-12H,2-3,9-10,13H2,1H3,(H,21,23). The molecule has 1 saturated heterocycles. The molecule has 8 heteroatoms. The summed E-state index contributed by atoms with van der Waals surface area (Å²) in [5.41, 5.74) is 1.20. The highest BCUT2D eigenvalue weighted by atomic mass is 79.9. The van der Waals surface area contributed by atoms with Crippen molar-refractivity contribution in [3.8, 4) is 5.75 Å². The van der Waals surface area contributed by atoms with Crippen LogP contribution in [0.25, 0.3) is 0 Å². The SMILES string of the molecule is COc1cccc(CNC(=O)c2ccc(Br)c(S(=O)(=O)N3CCCC3)c2)c1. The third kappa shape index (κ3) is 4.51. The van der Waals surface area contributed by atoms with Crippen LogP contribution >= 0.6 is 15.9 Å². The number of benzene rings is 2. The maximum Gasteiger partial charge on any atom is 0.251 e. The van der Waals surface area contributed by atoms with Gasteiger partial charge in [-0.1, -0.05) is 12.1 Å². The molecular weight excluding hydrogens is 432 g/mol. The Balaban J connectivity index is 1.77. The fourth-order valence-electron chi connectivity index (χ4n) is 2.98. The second-order valence-electron chi connectivity index (χ2n) is 6.29. The van der Waals surface area contributed by atoms with Gasteiger partial charge >= 0.3 is 0 Å². The Labute approximate surface area is 167 Å². The molecule has 1 fully saturated rings. The first kappa shape index (κ1) is 19.9. The lowest BCUT2D eigenvalue weighted by atomic mass is 10.2. The highest BCUT2D eigenvalue weighted by Gasteiger charge is 2.29. The fourth-order valence-corrected chi connectivity index (χ4v) is 5.44. The monoisotopic (exact) mass is 452 g/mol. The number of halogens is 1. The van der Waals surface area contributed by atoms with Gasteiger partial charge in [0.25, 0.3) is 5.91 Å². The number of ether oxygens (including phenoxy) is 1. The zero-order valence-corrected chi connectivity index (χ0v) is 17.3. The summed E-state index contributed by atoms with van der Waals surface area (Å²) in [6, 6.07) is 12.0. The number of amides is 1. The van der Waals surface area contributed by atoms with Gasteiger partial charge in [0.05, 0.1) is 12.0 Å². The van der Waals surface area contributed by atoms with E-state index in [0.717, 1.165) is 18.4 Å². The van der Waals surface area contributed by atoms with Gasteiger partial charge in [-0.05, 0) is 64.7 Å². The van der Waals surface area contributed by atoms with Crippen LogP contribution in [0.2, 0.25) is 0 Å². The third-order valence-electron chi connectivity index (χ3n) is 4.46. The summed E-state index contributed by atoms with van der Waals surface area (Å²) in [6.07, 6.45) is 1.72. The Bertz CT molecular complexity index is 940. The number of sulfonamides is 1. The summed E-state index contributed by atoms with van der Waals surface area (Å²) in [6.45, 7) is 1.35. The normalized spacial score (nSPS) is 14.9. The molecule has 3 rings (SSSR count). The van der Waals surface area contributed by atoms with Crippen LogP contribution in [0.5, 0.6) is 5.75 Å². The van der Waals surface area contributed by atoms with Gasteiger partial charge in [0, 0.05) is 29.7 Å². The number of nitrogens with one attached hydrogen (secondary N) is 1. The van der Waals surface area contributed by atoms with Crippen molar-refractivity contribution < 1.29 is 17.9 Å². The minimum absolute atomic E-state index is 0.124. The Hall–Kier alpha value is -1.90. The quantitative estimate of drug-likeness (QED) is 0.729. The van der Waals surface area contributed by atoms with Crippen molar-refractivity contribution in [3.05, 3.63) is 58.1 Å². The molecule has 0 atom stereocenters. The molecule has 27 heavy (non-hydrogen) atoms. The molecule has 6 nitrogen and oxygen atoms in total. The fraction of sp³-hybridized carbons (Fsp3) is 0.316. The molecule has 1 aliphatic heterocycles. The number of hydrogen-bond donors (Lipinski definition) is 1. The van der Waals surface area contributed by atoms with Crippen molar-refractivity contribution in [2.45, 2.75) is 24.3 Å². The van der Waals surface area contributed by atoms with E-state index >= 15 is 0 Å². The zero-order valence-electron chi connectivity index (χ0n) is 14.9. The van der Waals surface area contributed by atoms with Crippen LogP contribution in [-0.4, -0.2) is 38.8 Å². The molecule has 2 aromatic carbocycles. The van der Waals surface area contributed by atoms with Crippen molar-refractivity contribution in [3.63, 3.8) is 0 Å². The first-order chi connectivity index (χ1) is 12.9. The summed E-state index contributed by atoms with van der Waals surface area (Å²) < 4.78 is 32.8. The maximum absolute atomic E-state index is 12.8. The van der Waals surface area contributed by atoms with Crippen molar-refractivity contribution in [2.75, 3.05) is 20.2 Å². The maximum atomic E-state index is 12.8. The molecule has 0 aliphatic carbocycles. The minimum atomic E-state index is -3.61. The van der Waals surface area contributed by atoms with Crippen molar-refractivity contribution in [1.82, 2.24) is 9.62 Å². The topological polar surface area (TPSA) is 75.7 Å². The molecular formula is C19H21BrN2O4S. The largest absolute Gasteiger partial charge is 0.497 e. The number of rotatable bonds is 6. The summed E-state index contributed by atoms with van der Waals surface area (Å²) in [5, 5.41) is 2.82. The van der Waals surface area contributed by atoms with E-state index in [1.807, 2.05) is 24.3 Å². The van der Waals surface area contributed by atoms with Gasteiger partial charge in [0.1, 0.15) is 5.75 Å². The first-order valence-electron chi connectivity index (χ1n) is 8.62. The molecule has 1 aliphatic rings. The Morgan fingerprint density at radius 1 is 1.19 bits per heavy atom. The molecule has 0 saturated carbocycles. The second-order valence-corrected chi connectivity index (χ2v) is 9.05. The van der Waals surface area contributed by atoms with Crippen molar-refractivity contribution >= 4 is 31.9 Å². The van der Waals surface area contributed by atoms with Gasteiger partial charge in [-0.15, -0.1) is 0 Å². The molecule has 0 unspecified atom stereocenters. The molecule has 0 bridgehead atoms. The predicted octanol–water partition coefficient (Wildman–Crippen LogP) is 3.17. The number of carbonyl (C=O) groups excluding carboxylic acids is 1. The van der Waals surface area contributed by atoms with Crippen LogP contribution in [-0.2, 0) is 16.6 Å². The van der Waals surface area contributed by atoms with Gasteiger partial charge in [0.15, 0.2) is 0 Å². The third-order valence-corrected chi connectivity index (χ3v) is 7.36. The summed E-state index contributed by atoms with van der Waals surface area (Å²) in [4.78, 5) is 12.6. The molecule has 0 spiro atoms. The van der Waals surface area contributed by atoms with Crippen LogP contribution in [0.3, 0.4) is 0 Å². The lowest BCUT2D eigenvalue weighted by molar-refractivity contribution is 0.0950. The smallest absolute Gasteiger partial charge is 0.251 e. The molecule has 1 amide bonds. The highest BCUT2D eigenvalue weighted by Crippen LogP contribution is 2.28. The number of methoxy groups -OCH3 is 1. The molecule has 0 aromatic heterocycles. The highest BCUT2D eigenvalue weighted by molar-refractivity contribution is 9.10. The average Bonchev–Trinajstić information content (AvgIpc) is 3.22. The van der Waals surface area contributed by atoms with Gasteiger partial charge in [-0.25, -0.2) is 8.42 Å². The lowest BCUT2D eigenvalue weighted by Crippen LogP contribution is -2.29. The van der Waals surface area contributed by atoms with Crippen molar-refractivity contribution in [2.24, 2.45) is 0 Å². The number of carbonyl (C=O) groups is 1. The van der Waals surface area contributed by atoms with Crippen LogP contribution in [0.1, 0.15) is 28.8 Å². The van der Waals surface area contributed by atoms with Crippen LogP contribution in [0.4, 0.5) is 0 Å². The Kier molecular flexibility index (Phi) is 6.18. The number of nitrogens with zero attached hydrogens (tertiary/aromatic N) is 1. The molecule has 1 N–H and O–H groups in total. The summed E-state index contributed by atoms with van der Waals surface area (Å²) >= 11 is 3.30. The van der Waals surface area contributed by atoms with E-state index in [4.69, 9.17) is 4.74 Å². The van der Waals surface area contributed by atoms with E-state index in [1.54, 1.807) is 19.2 Å². The van der Waals surface area contributed by atoms with E-state index in [0.29, 0.717) is 35.4 Å².